The van der Waals surface area contributed by atoms with Crippen molar-refractivity contribution in [2.24, 2.45) is 0 Å². The van der Waals surface area contributed by atoms with Crippen LogP contribution in [-0.4, -0.2) is 35.1 Å². The molecule has 2 aliphatic rings. The van der Waals surface area contributed by atoms with Crippen molar-refractivity contribution in [3.8, 4) is 0 Å². The molecule has 2 saturated heterocycles. The summed E-state index contributed by atoms with van der Waals surface area (Å²) in [6, 6.07) is 10.3. The van der Waals surface area contributed by atoms with E-state index in [1.807, 2.05) is 11.3 Å². The van der Waals surface area contributed by atoms with Gasteiger partial charge in [-0.15, -0.1) is 11.3 Å². The molecule has 0 amide bonds. The van der Waals surface area contributed by atoms with Gasteiger partial charge in [-0.2, -0.15) is 0 Å². The van der Waals surface area contributed by atoms with Crippen LogP contribution in [0.25, 0.3) is 10.2 Å². The lowest BCUT2D eigenvalue weighted by atomic mass is 9.97. The summed E-state index contributed by atoms with van der Waals surface area (Å²) in [6.45, 7) is 4.86. The first-order valence-corrected chi connectivity index (χ1v) is 8.97. The molecular formula is C17H23N3S. The first kappa shape index (κ1) is 13.7. The van der Waals surface area contributed by atoms with Gasteiger partial charge in [-0.25, -0.2) is 4.98 Å². The van der Waals surface area contributed by atoms with Gasteiger partial charge in [-0.3, -0.25) is 0 Å². The SMILES string of the molecule is CC(NC1CCN2CCCC2C1)c1nc2ccccc2s1. The van der Waals surface area contributed by atoms with Gasteiger partial charge in [0.2, 0.25) is 0 Å². The van der Waals surface area contributed by atoms with Crippen LogP contribution in [0.1, 0.15) is 43.7 Å². The molecule has 0 radical (unpaired) electrons. The molecule has 1 N–H and O–H groups in total. The molecule has 2 fully saturated rings. The van der Waals surface area contributed by atoms with Crippen LogP contribution in [0.5, 0.6) is 0 Å². The Bertz CT molecular complexity index is 590. The lowest BCUT2D eigenvalue weighted by Gasteiger charge is -2.36. The van der Waals surface area contributed by atoms with E-state index in [0.717, 1.165) is 11.6 Å². The van der Waals surface area contributed by atoms with Crippen LogP contribution in [0.3, 0.4) is 0 Å². The summed E-state index contributed by atoms with van der Waals surface area (Å²) >= 11 is 1.83. The van der Waals surface area contributed by atoms with Crippen LogP contribution in [0.15, 0.2) is 24.3 Å². The molecule has 2 aliphatic heterocycles. The maximum absolute atomic E-state index is 4.79. The largest absolute Gasteiger partial charge is 0.305 e. The van der Waals surface area contributed by atoms with Crippen LogP contribution in [0.4, 0.5) is 0 Å². The first-order chi connectivity index (χ1) is 10.3. The van der Waals surface area contributed by atoms with E-state index in [1.54, 1.807) is 0 Å². The van der Waals surface area contributed by atoms with Crippen LogP contribution >= 0.6 is 11.3 Å². The van der Waals surface area contributed by atoms with Gasteiger partial charge >= 0.3 is 0 Å². The van der Waals surface area contributed by atoms with E-state index < -0.39 is 0 Å². The van der Waals surface area contributed by atoms with Crippen molar-refractivity contribution in [3.63, 3.8) is 0 Å². The molecule has 0 spiro atoms. The molecule has 1 aromatic heterocycles. The topological polar surface area (TPSA) is 28.2 Å². The molecule has 2 aromatic rings. The highest BCUT2D eigenvalue weighted by Gasteiger charge is 2.32. The molecule has 4 rings (SSSR count). The minimum absolute atomic E-state index is 0.361. The molecule has 3 unspecified atom stereocenters. The van der Waals surface area contributed by atoms with E-state index in [4.69, 9.17) is 4.98 Å². The van der Waals surface area contributed by atoms with Crippen molar-refractivity contribution in [1.29, 1.82) is 0 Å². The molecule has 21 heavy (non-hydrogen) atoms. The van der Waals surface area contributed by atoms with E-state index in [9.17, 15) is 0 Å². The number of hydrogen-bond acceptors (Lipinski definition) is 4. The Hall–Kier alpha value is -0.970. The number of aromatic nitrogens is 1. The molecule has 112 valence electrons. The summed E-state index contributed by atoms with van der Waals surface area (Å²) in [5.41, 5.74) is 1.14. The molecule has 4 heteroatoms. The predicted octanol–water partition coefficient (Wildman–Crippen LogP) is 3.57. The summed E-state index contributed by atoms with van der Waals surface area (Å²) in [4.78, 5) is 7.47. The van der Waals surface area contributed by atoms with Gasteiger partial charge in [0, 0.05) is 12.1 Å². The maximum atomic E-state index is 4.79. The summed E-state index contributed by atoms with van der Waals surface area (Å²) in [7, 11) is 0. The highest BCUT2D eigenvalue weighted by atomic mass is 32.1. The molecule has 3 atom stereocenters. The van der Waals surface area contributed by atoms with E-state index in [1.165, 1.54) is 48.5 Å². The third-order valence-corrected chi connectivity index (χ3v) is 6.21. The second kappa shape index (κ2) is 5.67. The fourth-order valence-electron chi connectivity index (χ4n) is 3.88. The summed E-state index contributed by atoms with van der Waals surface area (Å²) in [5, 5.41) is 5.06. The zero-order valence-corrected chi connectivity index (χ0v) is 13.4. The Labute approximate surface area is 130 Å². The zero-order chi connectivity index (χ0) is 14.2. The lowest BCUT2D eigenvalue weighted by Crippen LogP contribution is -2.46. The molecule has 0 saturated carbocycles. The number of para-hydroxylation sites is 1. The number of hydrogen-bond donors (Lipinski definition) is 1. The number of piperidine rings is 1. The average molecular weight is 301 g/mol. The van der Waals surface area contributed by atoms with Crippen molar-refractivity contribution in [1.82, 2.24) is 15.2 Å². The van der Waals surface area contributed by atoms with Crippen molar-refractivity contribution < 1.29 is 0 Å². The van der Waals surface area contributed by atoms with Crippen molar-refractivity contribution >= 4 is 21.6 Å². The number of fused-ring (bicyclic) bond motifs is 2. The van der Waals surface area contributed by atoms with Gasteiger partial charge in [0.05, 0.1) is 16.3 Å². The quantitative estimate of drug-likeness (QED) is 0.939. The molecule has 1 aromatic carbocycles. The highest BCUT2D eigenvalue weighted by Crippen LogP contribution is 2.30. The van der Waals surface area contributed by atoms with Crippen LogP contribution < -0.4 is 5.32 Å². The molecular weight excluding hydrogens is 278 g/mol. The zero-order valence-electron chi connectivity index (χ0n) is 12.6. The second-order valence-electron chi connectivity index (χ2n) is 6.46. The number of thiazole rings is 1. The number of nitrogens with one attached hydrogen (secondary N) is 1. The second-order valence-corrected chi connectivity index (χ2v) is 7.52. The molecule has 0 aliphatic carbocycles. The Balaban J connectivity index is 1.44. The number of rotatable bonds is 3. The Kier molecular flexibility index (Phi) is 3.69. The van der Waals surface area contributed by atoms with E-state index in [2.05, 4.69) is 41.4 Å². The van der Waals surface area contributed by atoms with Gasteiger partial charge in [0.1, 0.15) is 5.01 Å². The Morgan fingerprint density at radius 3 is 3.10 bits per heavy atom. The number of nitrogens with zero attached hydrogens (tertiary/aromatic N) is 2. The smallest absolute Gasteiger partial charge is 0.111 e. The number of benzene rings is 1. The lowest BCUT2D eigenvalue weighted by molar-refractivity contribution is 0.162. The summed E-state index contributed by atoms with van der Waals surface area (Å²) in [5.74, 6) is 0. The van der Waals surface area contributed by atoms with Gasteiger partial charge in [-0.1, -0.05) is 12.1 Å². The minimum atomic E-state index is 0.361. The van der Waals surface area contributed by atoms with Gasteiger partial charge in [0.15, 0.2) is 0 Å². The minimum Gasteiger partial charge on any atom is -0.305 e. The Morgan fingerprint density at radius 2 is 2.19 bits per heavy atom. The fourth-order valence-corrected chi connectivity index (χ4v) is 4.85. The molecule has 3 nitrogen and oxygen atoms in total. The summed E-state index contributed by atoms with van der Waals surface area (Å²) < 4.78 is 1.30. The Morgan fingerprint density at radius 1 is 1.29 bits per heavy atom. The fraction of sp³-hybridized carbons (Fsp3) is 0.588. The third-order valence-electron chi connectivity index (χ3n) is 4.99. The van der Waals surface area contributed by atoms with Crippen molar-refractivity contribution in [2.75, 3.05) is 13.1 Å². The summed E-state index contributed by atoms with van der Waals surface area (Å²) in [6.07, 6.45) is 5.39. The van der Waals surface area contributed by atoms with Crippen molar-refractivity contribution in [2.45, 2.75) is 50.7 Å². The van der Waals surface area contributed by atoms with E-state index in [0.29, 0.717) is 12.1 Å². The van der Waals surface area contributed by atoms with Crippen LogP contribution in [0.2, 0.25) is 0 Å². The highest BCUT2D eigenvalue weighted by molar-refractivity contribution is 7.18. The van der Waals surface area contributed by atoms with Crippen LogP contribution in [0, 0.1) is 0 Å². The maximum Gasteiger partial charge on any atom is 0.111 e. The van der Waals surface area contributed by atoms with Gasteiger partial charge in [-0.05, 0) is 57.8 Å². The first-order valence-electron chi connectivity index (χ1n) is 8.15. The molecule has 3 heterocycles. The molecule has 0 bridgehead atoms. The third kappa shape index (κ3) is 2.72. The van der Waals surface area contributed by atoms with E-state index >= 15 is 0 Å². The monoisotopic (exact) mass is 301 g/mol. The normalized spacial score (nSPS) is 27.9. The standard InChI is InChI=1S/C17H23N3S/c1-12(17-19-15-6-2-3-7-16(15)21-17)18-13-8-10-20-9-4-5-14(20)11-13/h2-3,6-7,12-14,18H,4-5,8-11H2,1H3. The van der Waals surface area contributed by atoms with Crippen molar-refractivity contribution in [3.05, 3.63) is 29.3 Å². The average Bonchev–Trinajstić information content (AvgIpc) is 3.13. The van der Waals surface area contributed by atoms with Gasteiger partial charge < -0.3 is 10.2 Å². The van der Waals surface area contributed by atoms with Crippen LogP contribution in [-0.2, 0) is 0 Å². The van der Waals surface area contributed by atoms with Gasteiger partial charge in [0.25, 0.3) is 0 Å². The van der Waals surface area contributed by atoms with E-state index in [-0.39, 0.29) is 0 Å². The predicted molar refractivity (Wildman–Crippen MR) is 88.8 cm³/mol.